The molecule has 0 aliphatic carbocycles. The Morgan fingerprint density at radius 2 is 2.17 bits per heavy atom. The first-order valence-electron chi connectivity index (χ1n) is 7.26. The van der Waals surface area contributed by atoms with Crippen molar-refractivity contribution >= 4 is 5.97 Å². The second-order valence-electron chi connectivity index (χ2n) is 5.09. The van der Waals surface area contributed by atoms with Gasteiger partial charge in [-0.3, -0.25) is 4.98 Å². The summed E-state index contributed by atoms with van der Waals surface area (Å²) in [5, 5.41) is 4.07. The van der Waals surface area contributed by atoms with Crippen molar-refractivity contribution in [3.63, 3.8) is 0 Å². The molecule has 0 aliphatic rings. The summed E-state index contributed by atoms with van der Waals surface area (Å²) in [6, 6.07) is 9.27. The molecule has 0 bridgehead atoms. The Morgan fingerprint density at radius 1 is 1.26 bits per heavy atom. The van der Waals surface area contributed by atoms with E-state index in [2.05, 4.69) is 15.1 Å². The summed E-state index contributed by atoms with van der Waals surface area (Å²) >= 11 is 0. The molecule has 0 N–H and O–H groups in total. The van der Waals surface area contributed by atoms with E-state index in [0.29, 0.717) is 18.6 Å². The fourth-order valence-corrected chi connectivity index (χ4v) is 2.25. The number of carbonyl (C=O) groups is 1. The zero-order valence-corrected chi connectivity index (χ0v) is 12.7. The fourth-order valence-electron chi connectivity index (χ4n) is 2.25. The molecule has 2 heterocycles. The van der Waals surface area contributed by atoms with Gasteiger partial charge in [0.1, 0.15) is 12.7 Å². The Hall–Kier alpha value is -3.02. The van der Waals surface area contributed by atoms with Crippen molar-refractivity contribution in [3.8, 4) is 5.69 Å². The lowest BCUT2D eigenvalue weighted by Crippen LogP contribution is -2.10. The van der Waals surface area contributed by atoms with E-state index in [-0.39, 0.29) is 5.97 Å². The molecule has 0 amide bonds. The molecule has 0 atom stereocenters. The van der Waals surface area contributed by atoms with Crippen molar-refractivity contribution in [2.45, 2.75) is 13.3 Å². The summed E-state index contributed by atoms with van der Waals surface area (Å²) in [4.78, 5) is 20.1. The number of ether oxygens (including phenoxy) is 1. The zero-order chi connectivity index (χ0) is 16.1. The summed E-state index contributed by atoms with van der Waals surface area (Å²) in [5.74, 6) is -0.323. The molecule has 0 unspecified atom stereocenters. The third-order valence-electron chi connectivity index (χ3n) is 3.46. The van der Waals surface area contributed by atoms with Crippen LogP contribution in [-0.4, -0.2) is 32.3 Å². The van der Waals surface area contributed by atoms with Gasteiger partial charge in [-0.2, -0.15) is 5.10 Å². The molecule has 3 rings (SSSR count). The summed E-state index contributed by atoms with van der Waals surface area (Å²) in [7, 11) is 0. The number of aryl methyl sites for hydroxylation is 1. The minimum absolute atomic E-state index is 0.323. The van der Waals surface area contributed by atoms with Crippen LogP contribution in [-0.2, 0) is 11.2 Å². The highest BCUT2D eigenvalue weighted by molar-refractivity contribution is 5.91. The Balaban J connectivity index is 1.63. The molecule has 0 radical (unpaired) electrons. The Kier molecular flexibility index (Phi) is 4.42. The van der Waals surface area contributed by atoms with Gasteiger partial charge in [0.2, 0.25) is 0 Å². The number of rotatable bonds is 5. The minimum Gasteiger partial charge on any atom is -0.462 e. The molecule has 0 saturated heterocycles. The first-order chi connectivity index (χ1) is 11.2. The zero-order valence-electron chi connectivity index (χ0n) is 12.7. The maximum atomic E-state index is 12.2. The second-order valence-corrected chi connectivity index (χ2v) is 5.09. The monoisotopic (exact) mass is 308 g/mol. The topological polar surface area (TPSA) is 69.9 Å². The van der Waals surface area contributed by atoms with Gasteiger partial charge in [0.05, 0.1) is 17.9 Å². The van der Waals surface area contributed by atoms with E-state index in [0.717, 1.165) is 16.8 Å². The van der Waals surface area contributed by atoms with Crippen LogP contribution in [0.2, 0.25) is 0 Å². The fraction of sp³-hybridized carbons (Fsp3) is 0.176. The molecule has 23 heavy (non-hydrogen) atoms. The van der Waals surface area contributed by atoms with E-state index in [4.69, 9.17) is 4.74 Å². The van der Waals surface area contributed by atoms with Gasteiger partial charge in [-0.05, 0) is 42.3 Å². The van der Waals surface area contributed by atoms with Gasteiger partial charge < -0.3 is 4.74 Å². The number of esters is 1. The van der Waals surface area contributed by atoms with E-state index in [1.807, 2.05) is 31.2 Å². The highest BCUT2D eigenvalue weighted by atomic mass is 16.5. The molecule has 6 heteroatoms. The first kappa shape index (κ1) is 14.9. The predicted octanol–water partition coefficient (Wildman–Crippen LogP) is 2.37. The summed E-state index contributed by atoms with van der Waals surface area (Å²) in [6.07, 6.45) is 7.22. The van der Waals surface area contributed by atoms with Gasteiger partial charge in [-0.1, -0.05) is 6.07 Å². The largest absolute Gasteiger partial charge is 0.462 e. The van der Waals surface area contributed by atoms with E-state index >= 15 is 0 Å². The predicted molar refractivity (Wildman–Crippen MR) is 84.3 cm³/mol. The lowest BCUT2D eigenvalue weighted by atomic mass is 10.1. The van der Waals surface area contributed by atoms with Crippen LogP contribution < -0.4 is 0 Å². The second kappa shape index (κ2) is 6.83. The molecule has 3 aromatic rings. The molecule has 0 fully saturated rings. The Bertz CT molecular complexity index is 786. The van der Waals surface area contributed by atoms with E-state index < -0.39 is 0 Å². The smallest absolute Gasteiger partial charge is 0.338 e. The lowest BCUT2D eigenvalue weighted by molar-refractivity contribution is 0.0508. The van der Waals surface area contributed by atoms with Gasteiger partial charge >= 0.3 is 5.97 Å². The van der Waals surface area contributed by atoms with E-state index in [1.54, 1.807) is 29.5 Å². The van der Waals surface area contributed by atoms with Crippen molar-refractivity contribution in [2.75, 3.05) is 6.61 Å². The number of hydrogen-bond acceptors (Lipinski definition) is 5. The summed E-state index contributed by atoms with van der Waals surface area (Å²) in [6.45, 7) is 2.20. The van der Waals surface area contributed by atoms with Gasteiger partial charge in [0.25, 0.3) is 0 Å². The van der Waals surface area contributed by atoms with Crippen LogP contribution in [0.1, 0.15) is 21.5 Å². The van der Waals surface area contributed by atoms with Gasteiger partial charge in [-0.15, -0.1) is 0 Å². The van der Waals surface area contributed by atoms with Gasteiger partial charge in [0.15, 0.2) is 0 Å². The SMILES string of the molecule is Cc1cc(-n2cncn2)ccc1C(=O)OCCc1cccnc1. The third kappa shape index (κ3) is 3.60. The summed E-state index contributed by atoms with van der Waals surface area (Å²) in [5.41, 5.74) is 3.29. The Labute approximate surface area is 133 Å². The Morgan fingerprint density at radius 3 is 2.87 bits per heavy atom. The normalized spacial score (nSPS) is 10.5. The van der Waals surface area contributed by atoms with Crippen LogP contribution in [0.5, 0.6) is 0 Å². The third-order valence-corrected chi connectivity index (χ3v) is 3.46. The van der Waals surface area contributed by atoms with Gasteiger partial charge in [-0.25, -0.2) is 14.5 Å². The van der Waals surface area contributed by atoms with Crippen LogP contribution in [0.15, 0.2) is 55.4 Å². The number of pyridine rings is 1. The molecule has 1 aromatic carbocycles. The molecule has 116 valence electrons. The van der Waals surface area contributed by atoms with Crippen molar-refractivity contribution < 1.29 is 9.53 Å². The molecular formula is C17H16N4O2. The molecule has 6 nitrogen and oxygen atoms in total. The van der Waals surface area contributed by atoms with E-state index in [1.165, 1.54) is 6.33 Å². The number of nitrogens with zero attached hydrogens (tertiary/aromatic N) is 4. The maximum Gasteiger partial charge on any atom is 0.338 e. The minimum atomic E-state index is -0.323. The quantitative estimate of drug-likeness (QED) is 0.677. The molecule has 0 spiro atoms. The molecule has 2 aromatic heterocycles. The summed E-state index contributed by atoms with van der Waals surface area (Å²) < 4.78 is 6.99. The lowest BCUT2D eigenvalue weighted by Gasteiger charge is -2.09. The highest BCUT2D eigenvalue weighted by Gasteiger charge is 2.11. The van der Waals surface area contributed by atoms with Crippen molar-refractivity contribution in [3.05, 3.63) is 72.1 Å². The van der Waals surface area contributed by atoms with Crippen LogP contribution >= 0.6 is 0 Å². The van der Waals surface area contributed by atoms with Crippen molar-refractivity contribution in [1.82, 2.24) is 19.7 Å². The molecule has 0 aliphatic heterocycles. The molecular weight excluding hydrogens is 292 g/mol. The maximum absolute atomic E-state index is 12.2. The number of aromatic nitrogens is 4. The average Bonchev–Trinajstić information content (AvgIpc) is 3.10. The number of hydrogen-bond donors (Lipinski definition) is 0. The van der Waals surface area contributed by atoms with Crippen LogP contribution in [0.3, 0.4) is 0 Å². The van der Waals surface area contributed by atoms with Gasteiger partial charge in [0, 0.05) is 18.8 Å². The molecule has 0 saturated carbocycles. The standard InChI is InChI=1S/C17H16N4O2/c1-13-9-15(21-12-19-11-20-21)4-5-16(13)17(22)23-8-6-14-3-2-7-18-10-14/h2-5,7,9-12H,6,8H2,1H3. The van der Waals surface area contributed by atoms with Crippen molar-refractivity contribution in [2.24, 2.45) is 0 Å². The van der Waals surface area contributed by atoms with Crippen molar-refractivity contribution in [1.29, 1.82) is 0 Å². The number of benzene rings is 1. The van der Waals surface area contributed by atoms with Crippen LogP contribution in [0.25, 0.3) is 5.69 Å². The highest BCUT2D eigenvalue weighted by Crippen LogP contribution is 2.15. The first-order valence-corrected chi connectivity index (χ1v) is 7.26. The van der Waals surface area contributed by atoms with Crippen LogP contribution in [0.4, 0.5) is 0 Å². The average molecular weight is 308 g/mol. The van der Waals surface area contributed by atoms with Crippen LogP contribution in [0, 0.1) is 6.92 Å². The number of carbonyl (C=O) groups excluding carboxylic acids is 1. The van der Waals surface area contributed by atoms with E-state index in [9.17, 15) is 4.79 Å².